The predicted molar refractivity (Wildman–Crippen MR) is 207 cm³/mol. The number of nitrogens with one attached hydrogen (secondary N) is 5. The second kappa shape index (κ2) is 15.7. The molecule has 1 unspecified atom stereocenters. The highest BCUT2D eigenvalue weighted by atomic mass is 35.5. The molecule has 1 aliphatic carbocycles. The standard InChI is InChI=1S/C38H43ClN10O5/c1-40-33(51)20-54-31-15-23-14-25(9-12-29(23)48(2)37(31)53)44-35-28(39)19-43-38(46-35)42-18-22-6-4-21(5-7-22)17-41-24-8-10-26-30(16-24)49(3)47-34(26)27-11-13-32(50)45-36(27)52/h8-10,12,14-16,19,21-22,27,41H,4-7,11,13,17-18,20H2,1-3H3,(H,40,51)(H,45,50,52)(H2,42,43,44,46)/t21-,22+,27?. The summed E-state index contributed by atoms with van der Waals surface area (Å²) in [7, 11) is 5.04. The SMILES string of the molecule is CNC(=O)COc1cc2cc(Nc3nc(NC[C@H]4CC[C@@H](CNc5ccc6c(C7CCC(=O)NC7=O)nn(C)c6c5)CC4)ncc3Cl)ccc2n(C)c1=O. The maximum absolute atomic E-state index is 12.7. The summed E-state index contributed by atoms with van der Waals surface area (Å²) in [5.74, 6) is 0.769. The van der Waals surface area contributed by atoms with Crippen molar-refractivity contribution in [3.63, 3.8) is 0 Å². The quantitative estimate of drug-likeness (QED) is 0.112. The molecule has 5 N–H and O–H groups in total. The lowest BCUT2D eigenvalue weighted by Crippen LogP contribution is -2.39. The van der Waals surface area contributed by atoms with E-state index in [1.54, 1.807) is 24.0 Å². The fourth-order valence-electron chi connectivity index (χ4n) is 7.27. The van der Waals surface area contributed by atoms with E-state index in [1.807, 2.05) is 37.4 Å². The van der Waals surface area contributed by atoms with E-state index in [-0.39, 0.29) is 35.6 Å². The molecule has 5 aromatic rings. The van der Waals surface area contributed by atoms with Gasteiger partial charge in [-0.15, -0.1) is 0 Å². The number of benzene rings is 2. The molecule has 4 heterocycles. The molecule has 282 valence electrons. The van der Waals surface area contributed by atoms with Gasteiger partial charge in [-0.1, -0.05) is 11.6 Å². The summed E-state index contributed by atoms with van der Waals surface area (Å²) < 4.78 is 8.77. The van der Waals surface area contributed by atoms with Crippen molar-refractivity contribution in [2.75, 3.05) is 42.7 Å². The number of likely N-dealkylation sites (N-methyl/N-ethyl adjacent to an activating group) is 1. The van der Waals surface area contributed by atoms with Gasteiger partial charge in [0.1, 0.15) is 5.02 Å². The molecule has 0 bridgehead atoms. The zero-order chi connectivity index (χ0) is 37.9. The van der Waals surface area contributed by atoms with E-state index in [1.165, 1.54) is 11.6 Å². The van der Waals surface area contributed by atoms with E-state index in [2.05, 4.69) is 47.7 Å². The fourth-order valence-corrected chi connectivity index (χ4v) is 7.41. The molecule has 3 amide bonds. The van der Waals surface area contributed by atoms with Crippen LogP contribution in [0.3, 0.4) is 0 Å². The Morgan fingerprint density at radius 2 is 1.69 bits per heavy atom. The normalized spacial score (nSPS) is 18.7. The van der Waals surface area contributed by atoms with Crippen molar-refractivity contribution in [3.8, 4) is 5.75 Å². The maximum Gasteiger partial charge on any atom is 0.293 e. The Balaban J connectivity index is 0.912. The topological polar surface area (TPSA) is 186 Å². The minimum absolute atomic E-state index is 0.0775. The Morgan fingerprint density at radius 1 is 0.944 bits per heavy atom. The highest BCUT2D eigenvalue weighted by Crippen LogP contribution is 2.33. The summed E-state index contributed by atoms with van der Waals surface area (Å²) in [4.78, 5) is 57.6. The smallest absolute Gasteiger partial charge is 0.293 e. The fraction of sp³-hybridized carbons (Fsp3) is 0.395. The maximum atomic E-state index is 12.7. The van der Waals surface area contributed by atoms with Crippen LogP contribution in [0.2, 0.25) is 5.02 Å². The number of imide groups is 1. The number of pyridine rings is 1. The molecule has 2 aromatic carbocycles. The average molecular weight is 755 g/mol. The third-order valence-corrected chi connectivity index (χ3v) is 10.7. The molecule has 2 fully saturated rings. The van der Waals surface area contributed by atoms with Gasteiger partial charge >= 0.3 is 0 Å². The summed E-state index contributed by atoms with van der Waals surface area (Å²) >= 11 is 6.48. The van der Waals surface area contributed by atoms with Crippen LogP contribution in [0.5, 0.6) is 5.75 Å². The monoisotopic (exact) mass is 754 g/mol. The number of piperidine rings is 1. The van der Waals surface area contributed by atoms with Crippen molar-refractivity contribution < 1.29 is 19.1 Å². The zero-order valence-electron chi connectivity index (χ0n) is 30.4. The highest BCUT2D eigenvalue weighted by molar-refractivity contribution is 6.33. The van der Waals surface area contributed by atoms with E-state index in [4.69, 9.17) is 16.3 Å². The first-order valence-corrected chi connectivity index (χ1v) is 18.5. The van der Waals surface area contributed by atoms with Gasteiger partial charge in [0.25, 0.3) is 11.5 Å². The number of anilines is 4. The van der Waals surface area contributed by atoms with Gasteiger partial charge in [0, 0.05) is 62.8 Å². The number of aromatic nitrogens is 5. The van der Waals surface area contributed by atoms with Crippen LogP contribution in [0.4, 0.5) is 23.1 Å². The van der Waals surface area contributed by atoms with Gasteiger partial charge in [-0.25, -0.2) is 4.98 Å². The summed E-state index contributed by atoms with van der Waals surface area (Å²) in [6.45, 7) is 1.36. The Morgan fingerprint density at radius 3 is 2.43 bits per heavy atom. The molecule has 1 atom stereocenters. The number of rotatable bonds is 12. The van der Waals surface area contributed by atoms with Crippen molar-refractivity contribution in [1.29, 1.82) is 0 Å². The molecular weight excluding hydrogens is 712 g/mol. The molecule has 15 nitrogen and oxygen atoms in total. The van der Waals surface area contributed by atoms with Crippen LogP contribution in [-0.4, -0.2) is 68.8 Å². The summed E-state index contributed by atoms with van der Waals surface area (Å²) in [5.41, 5.74) is 3.74. The van der Waals surface area contributed by atoms with E-state index >= 15 is 0 Å². The summed E-state index contributed by atoms with van der Waals surface area (Å²) in [5, 5.41) is 21.9. The molecule has 16 heteroatoms. The van der Waals surface area contributed by atoms with Crippen molar-refractivity contribution >= 4 is 74.3 Å². The first-order chi connectivity index (χ1) is 26.1. The molecule has 3 aromatic heterocycles. The minimum Gasteiger partial charge on any atom is -0.478 e. The Kier molecular flexibility index (Phi) is 10.7. The summed E-state index contributed by atoms with van der Waals surface area (Å²) in [6.07, 6.45) is 6.74. The number of amides is 3. The van der Waals surface area contributed by atoms with E-state index in [9.17, 15) is 19.2 Å². The van der Waals surface area contributed by atoms with Gasteiger partial charge in [-0.2, -0.15) is 10.1 Å². The van der Waals surface area contributed by atoms with Gasteiger partial charge in [0.2, 0.25) is 17.8 Å². The van der Waals surface area contributed by atoms with E-state index in [0.717, 1.165) is 66.4 Å². The number of ether oxygens (including phenoxy) is 1. The van der Waals surface area contributed by atoms with Gasteiger partial charge in [-0.05, 0) is 86.4 Å². The van der Waals surface area contributed by atoms with E-state index < -0.39 is 5.92 Å². The number of halogens is 1. The molecule has 7 rings (SSSR count). The number of hydrogen-bond acceptors (Lipinski definition) is 11. The lowest BCUT2D eigenvalue weighted by molar-refractivity contribution is -0.134. The van der Waals surface area contributed by atoms with Gasteiger partial charge in [0.15, 0.2) is 18.2 Å². The third-order valence-electron chi connectivity index (χ3n) is 10.4. The van der Waals surface area contributed by atoms with Gasteiger partial charge in [0.05, 0.1) is 28.8 Å². The number of nitrogens with zero attached hydrogens (tertiary/aromatic N) is 5. The largest absolute Gasteiger partial charge is 0.478 e. The Bertz CT molecular complexity index is 2300. The molecular formula is C38H43ClN10O5. The lowest BCUT2D eigenvalue weighted by Gasteiger charge is -2.29. The van der Waals surface area contributed by atoms with Crippen LogP contribution >= 0.6 is 11.6 Å². The second-order valence-electron chi connectivity index (χ2n) is 14.0. The van der Waals surface area contributed by atoms with Crippen LogP contribution in [0.15, 0.2) is 53.5 Å². The molecule has 2 aliphatic rings. The van der Waals surface area contributed by atoms with Crippen LogP contribution in [-0.2, 0) is 28.5 Å². The molecule has 1 saturated carbocycles. The van der Waals surface area contributed by atoms with E-state index in [0.29, 0.717) is 52.7 Å². The van der Waals surface area contributed by atoms with Gasteiger partial charge < -0.3 is 30.6 Å². The first-order valence-electron chi connectivity index (χ1n) is 18.1. The number of hydrogen-bond donors (Lipinski definition) is 5. The molecule has 0 radical (unpaired) electrons. The van der Waals surface area contributed by atoms with Crippen LogP contribution < -0.4 is 36.9 Å². The number of carbonyl (C=O) groups excluding carboxylic acids is 3. The average Bonchev–Trinajstić information content (AvgIpc) is 3.50. The molecule has 54 heavy (non-hydrogen) atoms. The van der Waals surface area contributed by atoms with Crippen LogP contribution in [0, 0.1) is 11.8 Å². The molecule has 1 aliphatic heterocycles. The van der Waals surface area contributed by atoms with Crippen LogP contribution in [0.25, 0.3) is 21.8 Å². The number of carbonyl (C=O) groups is 3. The Labute approximate surface area is 316 Å². The number of aryl methyl sites for hydroxylation is 2. The molecule has 1 saturated heterocycles. The lowest BCUT2D eigenvalue weighted by atomic mass is 9.82. The summed E-state index contributed by atoms with van der Waals surface area (Å²) in [6, 6.07) is 13.3. The minimum atomic E-state index is -0.422. The molecule has 0 spiro atoms. The van der Waals surface area contributed by atoms with Crippen molar-refractivity contribution in [2.24, 2.45) is 25.9 Å². The van der Waals surface area contributed by atoms with Crippen molar-refractivity contribution in [2.45, 2.75) is 44.4 Å². The van der Waals surface area contributed by atoms with Gasteiger partial charge in [-0.3, -0.25) is 29.2 Å². The zero-order valence-corrected chi connectivity index (χ0v) is 31.1. The highest BCUT2D eigenvalue weighted by Gasteiger charge is 2.31. The number of fused-ring (bicyclic) bond motifs is 2. The van der Waals surface area contributed by atoms with Crippen molar-refractivity contribution in [3.05, 3.63) is 69.7 Å². The Hall–Kier alpha value is -5.70. The first kappa shape index (κ1) is 36.6. The van der Waals surface area contributed by atoms with Crippen LogP contribution in [0.1, 0.15) is 50.1 Å². The predicted octanol–water partition coefficient (Wildman–Crippen LogP) is 4.59. The van der Waals surface area contributed by atoms with Crippen molar-refractivity contribution in [1.82, 2.24) is 34.9 Å². The third kappa shape index (κ3) is 7.95. The second-order valence-corrected chi connectivity index (χ2v) is 14.4.